The molecule has 0 aromatic carbocycles. The van der Waals surface area contributed by atoms with E-state index in [1.165, 1.54) is 13.3 Å². The Morgan fingerprint density at radius 1 is 1.14 bits per heavy atom. The van der Waals surface area contributed by atoms with Crippen LogP contribution in [0.25, 0.3) is 0 Å². The summed E-state index contributed by atoms with van der Waals surface area (Å²) in [6, 6.07) is 8.74. The summed E-state index contributed by atoms with van der Waals surface area (Å²) in [6.07, 6.45) is 0. The van der Waals surface area contributed by atoms with Gasteiger partial charge in [0, 0.05) is 4.88 Å². The second-order valence-corrected chi connectivity index (χ2v) is 7.01. The minimum absolute atomic E-state index is 0.651. The summed E-state index contributed by atoms with van der Waals surface area (Å²) in [5, 5.41) is 2.12. The molecule has 74 valence electrons. The molecule has 0 saturated carbocycles. The summed E-state index contributed by atoms with van der Waals surface area (Å²) in [5.41, 5.74) is 0. The van der Waals surface area contributed by atoms with Crippen molar-refractivity contribution in [2.75, 3.05) is 0 Å². The third-order valence-corrected chi connectivity index (χ3v) is 5.42. The highest BCUT2D eigenvalue weighted by Crippen LogP contribution is 2.37. The molecule has 0 amide bonds. The normalized spacial score (nSPS) is 11.1. The quantitative estimate of drug-likeness (QED) is 0.720. The van der Waals surface area contributed by atoms with Crippen LogP contribution in [0.15, 0.2) is 38.1 Å². The maximum absolute atomic E-state index is 2.24. The van der Waals surface area contributed by atoms with Gasteiger partial charge in [0.15, 0.2) is 0 Å². The maximum Gasteiger partial charge on any atom is 0.0657 e. The average molecular weight is 240 g/mol. The molecule has 0 aliphatic heterocycles. The molecule has 2 rings (SSSR count). The SMILES string of the molecule is CC(C)c1ccc(Sc2cccs2)s1. The summed E-state index contributed by atoms with van der Waals surface area (Å²) in [5.74, 6) is 0.651. The molecule has 0 nitrogen and oxygen atoms in total. The number of hydrogen-bond donors (Lipinski definition) is 0. The van der Waals surface area contributed by atoms with E-state index < -0.39 is 0 Å². The smallest absolute Gasteiger partial charge is 0.0657 e. The van der Waals surface area contributed by atoms with Gasteiger partial charge >= 0.3 is 0 Å². The molecule has 0 radical (unpaired) electrons. The van der Waals surface area contributed by atoms with E-state index >= 15 is 0 Å². The van der Waals surface area contributed by atoms with Gasteiger partial charge in [-0.25, -0.2) is 0 Å². The third-order valence-electron chi connectivity index (χ3n) is 1.87. The lowest BCUT2D eigenvalue weighted by Gasteiger charge is -1.97. The van der Waals surface area contributed by atoms with Crippen molar-refractivity contribution >= 4 is 34.4 Å². The Morgan fingerprint density at radius 3 is 2.57 bits per heavy atom. The fraction of sp³-hybridized carbons (Fsp3) is 0.273. The van der Waals surface area contributed by atoms with Crippen LogP contribution in [0.5, 0.6) is 0 Å². The Kier molecular flexibility index (Phi) is 3.31. The number of hydrogen-bond acceptors (Lipinski definition) is 3. The van der Waals surface area contributed by atoms with Crippen LogP contribution in [0, 0.1) is 0 Å². The van der Waals surface area contributed by atoms with Crippen LogP contribution in [0.4, 0.5) is 0 Å². The van der Waals surface area contributed by atoms with Gasteiger partial charge in [-0.2, -0.15) is 0 Å². The largest absolute Gasteiger partial charge is 0.137 e. The fourth-order valence-electron chi connectivity index (χ4n) is 1.12. The van der Waals surface area contributed by atoms with E-state index in [0.717, 1.165) is 0 Å². The van der Waals surface area contributed by atoms with Crippen LogP contribution in [0.2, 0.25) is 0 Å². The van der Waals surface area contributed by atoms with Crippen LogP contribution >= 0.6 is 34.4 Å². The van der Waals surface area contributed by atoms with Crippen LogP contribution in [-0.4, -0.2) is 0 Å². The Bertz CT molecular complexity index is 384. The zero-order valence-corrected chi connectivity index (χ0v) is 10.6. The molecule has 2 heterocycles. The first kappa shape index (κ1) is 10.3. The molecule has 0 N–H and O–H groups in total. The van der Waals surface area contributed by atoms with E-state index in [1.807, 2.05) is 23.1 Å². The lowest BCUT2D eigenvalue weighted by molar-refractivity contribution is 0.890. The minimum Gasteiger partial charge on any atom is -0.137 e. The van der Waals surface area contributed by atoms with Gasteiger partial charge in [0.2, 0.25) is 0 Å². The zero-order valence-electron chi connectivity index (χ0n) is 8.19. The van der Waals surface area contributed by atoms with Gasteiger partial charge in [-0.15, -0.1) is 22.7 Å². The van der Waals surface area contributed by atoms with Crippen molar-refractivity contribution in [2.45, 2.75) is 28.2 Å². The molecule has 0 fully saturated rings. The van der Waals surface area contributed by atoms with Gasteiger partial charge in [0.25, 0.3) is 0 Å². The predicted molar refractivity (Wildman–Crippen MR) is 66.9 cm³/mol. The highest BCUT2D eigenvalue weighted by Gasteiger charge is 2.05. The van der Waals surface area contributed by atoms with E-state index in [1.54, 1.807) is 11.3 Å². The van der Waals surface area contributed by atoms with E-state index in [4.69, 9.17) is 0 Å². The summed E-state index contributed by atoms with van der Waals surface area (Å²) < 4.78 is 2.78. The first-order chi connectivity index (χ1) is 6.75. The molecule has 2 aromatic rings. The molecule has 0 bridgehead atoms. The Morgan fingerprint density at radius 2 is 2.00 bits per heavy atom. The number of thiophene rings is 2. The Hall–Kier alpha value is -0.250. The molecule has 0 spiro atoms. The van der Waals surface area contributed by atoms with E-state index in [-0.39, 0.29) is 0 Å². The molecule has 14 heavy (non-hydrogen) atoms. The highest BCUT2D eigenvalue weighted by molar-refractivity contribution is 8.02. The molecule has 0 unspecified atom stereocenters. The standard InChI is InChI=1S/C11H12S3/c1-8(2)9-5-6-11(13-9)14-10-4-3-7-12-10/h3-8H,1-2H3. The first-order valence-corrected chi connectivity index (χ1v) is 7.08. The van der Waals surface area contributed by atoms with Crippen molar-refractivity contribution in [3.05, 3.63) is 34.5 Å². The van der Waals surface area contributed by atoms with Crippen molar-refractivity contribution in [3.8, 4) is 0 Å². The molecule has 2 aromatic heterocycles. The average Bonchev–Trinajstić information content (AvgIpc) is 2.75. The van der Waals surface area contributed by atoms with E-state index in [9.17, 15) is 0 Å². The fourth-order valence-corrected chi connectivity index (χ4v) is 4.30. The highest BCUT2D eigenvalue weighted by atomic mass is 32.2. The van der Waals surface area contributed by atoms with Gasteiger partial charge in [-0.3, -0.25) is 0 Å². The van der Waals surface area contributed by atoms with E-state index in [2.05, 4.69) is 43.5 Å². The molecular weight excluding hydrogens is 228 g/mol. The van der Waals surface area contributed by atoms with Crippen molar-refractivity contribution in [2.24, 2.45) is 0 Å². The van der Waals surface area contributed by atoms with Gasteiger partial charge in [-0.05, 0) is 29.5 Å². The number of rotatable bonds is 3. The molecule has 0 saturated heterocycles. The molecule has 0 aliphatic rings. The monoisotopic (exact) mass is 240 g/mol. The molecule has 0 aliphatic carbocycles. The van der Waals surface area contributed by atoms with Crippen molar-refractivity contribution < 1.29 is 0 Å². The topological polar surface area (TPSA) is 0 Å². The summed E-state index contributed by atoms with van der Waals surface area (Å²) in [7, 11) is 0. The lowest BCUT2D eigenvalue weighted by Crippen LogP contribution is -1.77. The van der Waals surface area contributed by atoms with E-state index in [0.29, 0.717) is 5.92 Å². The minimum atomic E-state index is 0.651. The predicted octanol–water partition coefficient (Wildman–Crippen LogP) is 5.08. The second-order valence-electron chi connectivity index (χ2n) is 3.35. The Balaban J connectivity index is 2.11. The third kappa shape index (κ3) is 2.41. The van der Waals surface area contributed by atoms with Crippen molar-refractivity contribution in [3.63, 3.8) is 0 Å². The Labute approximate surface area is 97.0 Å². The summed E-state index contributed by atoms with van der Waals surface area (Å²) in [6.45, 7) is 4.48. The molecular formula is C11H12S3. The zero-order chi connectivity index (χ0) is 9.97. The second kappa shape index (κ2) is 4.51. The van der Waals surface area contributed by atoms with Crippen LogP contribution in [0.3, 0.4) is 0 Å². The van der Waals surface area contributed by atoms with Crippen molar-refractivity contribution in [1.29, 1.82) is 0 Å². The van der Waals surface area contributed by atoms with Gasteiger partial charge < -0.3 is 0 Å². The maximum atomic E-state index is 2.24. The van der Waals surface area contributed by atoms with Gasteiger partial charge in [0.1, 0.15) is 0 Å². The van der Waals surface area contributed by atoms with Gasteiger partial charge in [-0.1, -0.05) is 31.7 Å². The lowest BCUT2D eigenvalue weighted by atomic mass is 10.2. The summed E-state index contributed by atoms with van der Waals surface area (Å²) >= 11 is 5.58. The van der Waals surface area contributed by atoms with Crippen LogP contribution in [0.1, 0.15) is 24.6 Å². The van der Waals surface area contributed by atoms with Crippen LogP contribution in [-0.2, 0) is 0 Å². The van der Waals surface area contributed by atoms with Crippen LogP contribution < -0.4 is 0 Å². The molecule has 0 atom stereocenters. The van der Waals surface area contributed by atoms with Crippen molar-refractivity contribution in [1.82, 2.24) is 0 Å². The molecule has 3 heteroatoms. The summed E-state index contributed by atoms with van der Waals surface area (Å²) in [4.78, 5) is 1.48. The first-order valence-electron chi connectivity index (χ1n) is 4.57. The van der Waals surface area contributed by atoms with Gasteiger partial charge in [0.05, 0.1) is 8.42 Å².